The molecule has 0 aliphatic heterocycles. The van der Waals surface area contributed by atoms with Gasteiger partial charge in [-0.3, -0.25) is 0 Å². The Kier molecular flexibility index (Phi) is 4.46. The molecule has 0 aromatic carbocycles. The molecule has 0 spiro atoms. The first-order valence-corrected chi connectivity index (χ1v) is 4.49. The van der Waals surface area contributed by atoms with Gasteiger partial charge in [0.05, 0.1) is 20.5 Å². The fourth-order valence-corrected chi connectivity index (χ4v) is 1.08. The molecule has 17 heavy (non-hydrogen) atoms. The number of hydrogen-bond acceptors (Lipinski definition) is 2. The Hall–Kier alpha value is -0.960. The minimum absolute atomic E-state index is 0.749. The Morgan fingerprint density at radius 1 is 1.24 bits per heavy atom. The lowest BCUT2D eigenvalue weighted by atomic mass is 10.1. The number of aliphatic hydroxyl groups excluding tert-OH is 1. The highest BCUT2D eigenvalue weighted by molar-refractivity contribution is 5.56. The van der Waals surface area contributed by atoms with Crippen molar-refractivity contribution >= 4 is 6.09 Å². The van der Waals surface area contributed by atoms with Gasteiger partial charge in [0.1, 0.15) is 12.6 Å². The predicted molar refractivity (Wildman–Crippen MR) is 46.6 cm³/mol. The fourth-order valence-electron chi connectivity index (χ4n) is 1.08. The zero-order valence-electron chi connectivity index (χ0n) is 9.13. The number of rotatable bonds is 4. The summed E-state index contributed by atoms with van der Waals surface area (Å²) in [5.41, 5.74) is 0. The predicted octanol–water partition coefficient (Wildman–Crippen LogP) is 1.69. The van der Waals surface area contributed by atoms with Crippen molar-refractivity contribution in [2.45, 2.75) is 24.6 Å². The quantitative estimate of drug-likeness (QED) is 0.601. The molecule has 0 aromatic rings. The number of aliphatic hydroxyl groups is 1. The summed E-state index contributed by atoms with van der Waals surface area (Å²) in [6.45, 7) is -0.749. The van der Waals surface area contributed by atoms with E-state index in [9.17, 15) is 26.7 Å². The largest absolute Gasteiger partial charge is 0.513 e. The molecule has 0 radical (unpaired) electrons. The third kappa shape index (κ3) is 4.43. The van der Waals surface area contributed by atoms with E-state index in [0.717, 1.165) is 14.1 Å². The van der Waals surface area contributed by atoms with Crippen LogP contribution in [0, 0.1) is 0 Å². The summed E-state index contributed by atoms with van der Waals surface area (Å²) in [5, 5.41) is 17.7. The highest BCUT2D eigenvalue weighted by Crippen LogP contribution is 2.38. The van der Waals surface area contributed by atoms with E-state index in [0.29, 0.717) is 0 Å². The van der Waals surface area contributed by atoms with Crippen molar-refractivity contribution in [2.24, 2.45) is 0 Å². The molecule has 0 saturated carbocycles. The van der Waals surface area contributed by atoms with Gasteiger partial charge in [-0.05, 0) is 0 Å². The normalized spacial score (nSPS) is 15.8. The summed E-state index contributed by atoms with van der Waals surface area (Å²) >= 11 is 0. The highest BCUT2D eigenvalue weighted by Gasteiger charge is 2.58. The molecule has 9 heteroatoms. The Balaban J connectivity index is 4.58. The minimum Gasteiger partial charge on any atom is -0.435 e. The first kappa shape index (κ1) is 16.0. The van der Waals surface area contributed by atoms with Gasteiger partial charge < -0.3 is 10.2 Å². The van der Waals surface area contributed by atoms with E-state index in [1.807, 2.05) is 0 Å². The van der Waals surface area contributed by atoms with Crippen LogP contribution in [0.1, 0.15) is 6.42 Å². The van der Waals surface area contributed by atoms with Gasteiger partial charge in [-0.15, -0.1) is 0 Å². The van der Waals surface area contributed by atoms with Crippen molar-refractivity contribution in [1.29, 1.82) is 0 Å². The van der Waals surface area contributed by atoms with Gasteiger partial charge in [0.15, 0.2) is 0 Å². The van der Waals surface area contributed by atoms with Crippen LogP contribution in [0.15, 0.2) is 0 Å². The van der Waals surface area contributed by atoms with Crippen LogP contribution in [0.4, 0.5) is 26.7 Å². The molecule has 0 bridgehead atoms. The van der Waals surface area contributed by atoms with E-state index in [4.69, 9.17) is 10.2 Å². The molecular weight excluding hydrogens is 253 g/mol. The number of hydrogen-bond donors (Lipinski definition) is 2. The Morgan fingerprint density at radius 2 is 1.65 bits per heavy atom. The second-order valence-electron chi connectivity index (χ2n) is 4.21. The third-order valence-electron chi connectivity index (χ3n) is 2.09. The van der Waals surface area contributed by atoms with Gasteiger partial charge in [0.2, 0.25) is 0 Å². The first-order valence-electron chi connectivity index (χ1n) is 4.49. The molecule has 0 rings (SSSR count). The lowest BCUT2D eigenvalue weighted by Gasteiger charge is -2.28. The molecule has 1 atom stereocenters. The van der Waals surface area contributed by atoms with E-state index < -0.39 is 41.7 Å². The van der Waals surface area contributed by atoms with Gasteiger partial charge in [-0.1, -0.05) is 0 Å². The van der Waals surface area contributed by atoms with Gasteiger partial charge in [0.25, 0.3) is 0 Å². The number of nitrogens with zero attached hydrogens (tertiary/aromatic N) is 1. The van der Waals surface area contributed by atoms with Crippen LogP contribution in [0.3, 0.4) is 0 Å². The van der Waals surface area contributed by atoms with Crippen LogP contribution >= 0.6 is 0 Å². The van der Waals surface area contributed by atoms with E-state index in [1.165, 1.54) is 0 Å². The third-order valence-corrected chi connectivity index (χ3v) is 2.09. The van der Waals surface area contributed by atoms with E-state index in [-0.39, 0.29) is 0 Å². The topological polar surface area (TPSA) is 57.5 Å². The van der Waals surface area contributed by atoms with Gasteiger partial charge in [0, 0.05) is 0 Å². The molecule has 0 aromatic heterocycles. The second kappa shape index (κ2) is 4.73. The number of quaternary nitrogens is 1. The smallest absolute Gasteiger partial charge is 0.435 e. The maximum absolute atomic E-state index is 12.5. The molecule has 2 N–H and O–H groups in total. The zero-order valence-corrected chi connectivity index (χ0v) is 9.13. The SMILES string of the molecule is C[N+](C)(CC(O)CC(F)(F)C(F)(F)F)C(=O)O. The number of carboxylic acid groups (broad SMARTS) is 1. The molecule has 1 amide bonds. The summed E-state index contributed by atoms with van der Waals surface area (Å²) < 4.78 is 59.5. The Labute approximate surface area is 93.8 Å². The molecule has 0 heterocycles. The van der Waals surface area contributed by atoms with Crippen molar-refractivity contribution < 1.29 is 41.4 Å². The molecule has 0 saturated heterocycles. The maximum atomic E-state index is 12.5. The molecule has 0 aliphatic rings. The summed E-state index contributed by atoms with van der Waals surface area (Å²) in [7, 11) is 2.13. The van der Waals surface area contributed by atoms with Gasteiger partial charge in [-0.2, -0.15) is 26.7 Å². The summed E-state index contributed by atoms with van der Waals surface area (Å²) in [6.07, 6.45) is -11.1. The van der Waals surface area contributed by atoms with Gasteiger partial charge in [-0.25, -0.2) is 4.48 Å². The molecular formula is C8H13F5NO3+. The molecule has 0 fully saturated rings. The van der Waals surface area contributed by atoms with Crippen LogP contribution < -0.4 is 0 Å². The van der Waals surface area contributed by atoms with Crippen LogP contribution in [-0.4, -0.2) is 59.6 Å². The number of likely N-dealkylation sites (N-methyl/N-ethyl adjacent to an activating group) is 1. The number of alkyl halides is 5. The molecule has 102 valence electrons. The van der Waals surface area contributed by atoms with Crippen molar-refractivity contribution in [3.05, 3.63) is 0 Å². The standard InChI is InChI=1S/C8H12F5NO3/c1-14(2,6(16)17)4-5(15)3-7(9,10)8(11,12)13/h5,15H,3-4H2,1-2H3/p+1. The van der Waals surface area contributed by atoms with Crippen LogP contribution in [0.5, 0.6) is 0 Å². The van der Waals surface area contributed by atoms with Crippen molar-refractivity contribution in [2.75, 3.05) is 20.6 Å². The summed E-state index contributed by atoms with van der Waals surface area (Å²) in [6, 6.07) is 0. The maximum Gasteiger partial charge on any atom is 0.513 e. The van der Waals surface area contributed by atoms with Crippen molar-refractivity contribution in [1.82, 2.24) is 0 Å². The molecule has 4 nitrogen and oxygen atoms in total. The minimum atomic E-state index is -5.76. The average molecular weight is 266 g/mol. The monoisotopic (exact) mass is 266 g/mol. The van der Waals surface area contributed by atoms with Crippen LogP contribution in [0.2, 0.25) is 0 Å². The van der Waals surface area contributed by atoms with E-state index >= 15 is 0 Å². The fraction of sp³-hybridized carbons (Fsp3) is 0.875. The van der Waals surface area contributed by atoms with E-state index in [1.54, 1.807) is 0 Å². The lowest BCUT2D eigenvalue weighted by Crippen LogP contribution is -2.51. The van der Waals surface area contributed by atoms with E-state index in [2.05, 4.69) is 0 Å². The van der Waals surface area contributed by atoms with Gasteiger partial charge >= 0.3 is 18.2 Å². The lowest BCUT2D eigenvalue weighted by molar-refractivity contribution is -0.820. The first-order chi connectivity index (χ1) is 7.29. The number of halogens is 5. The highest BCUT2D eigenvalue weighted by atomic mass is 19.4. The van der Waals surface area contributed by atoms with Crippen LogP contribution in [-0.2, 0) is 0 Å². The Morgan fingerprint density at radius 3 is 1.94 bits per heavy atom. The van der Waals surface area contributed by atoms with Crippen molar-refractivity contribution in [3.8, 4) is 0 Å². The average Bonchev–Trinajstić information content (AvgIpc) is 1.98. The number of carbonyl (C=O) groups is 1. The molecule has 0 aliphatic carbocycles. The zero-order chi connectivity index (χ0) is 14.1. The molecule has 1 unspecified atom stereocenters. The Bertz CT molecular complexity index is 289. The number of amides is 1. The van der Waals surface area contributed by atoms with Crippen molar-refractivity contribution in [3.63, 3.8) is 0 Å². The summed E-state index contributed by atoms with van der Waals surface area (Å²) in [4.78, 5) is 10.6. The second-order valence-corrected chi connectivity index (χ2v) is 4.21. The summed E-state index contributed by atoms with van der Waals surface area (Å²) in [5.74, 6) is -5.04. The van der Waals surface area contributed by atoms with Crippen LogP contribution in [0.25, 0.3) is 0 Å².